The number of piperidine rings is 1. The second kappa shape index (κ2) is 6.62. The first-order valence-electron chi connectivity index (χ1n) is 8.28. The van der Waals surface area contributed by atoms with Crippen molar-refractivity contribution in [2.75, 3.05) is 19.6 Å². The van der Waals surface area contributed by atoms with Gasteiger partial charge in [0.1, 0.15) is 0 Å². The average molecular weight is 316 g/mol. The molecule has 1 fully saturated rings. The normalized spacial score (nSPS) is 19.2. The summed E-state index contributed by atoms with van der Waals surface area (Å²) in [5, 5.41) is 7.17. The van der Waals surface area contributed by atoms with Crippen LogP contribution < -0.4 is 5.32 Å². The summed E-state index contributed by atoms with van der Waals surface area (Å²) in [6.07, 6.45) is 3.80. The second-order valence-electron chi connectivity index (χ2n) is 6.32. The highest BCUT2D eigenvalue weighted by Gasteiger charge is 2.19. The van der Waals surface area contributed by atoms with Gasteiger partial charge in [-0.15, -0.1) is 5.10 Å². The van der Waals surface area contributed by atoms with Gasteiger partial charge >= 0.3 is 0 Å². The van der Waals surface area contributed by atoms with E-state index in [9.17, 15) is 4.79 Å². The third-order valence-corrected chi connectivity index (χ3v) is 4.45. The Kier molecular flexibility index (Phi) is 4.56. The number of aromatic nitrogens is 4. The first-order valence-corrected chi connectivity index (χ1v) is 8.28. The molecule has 124 valence electrons. The molecule has 2 aromatic rings. The van der Waals surface area contributed by atoms with E-state index in [1.54, 1.807) is 4.52 Å². The zero-order valence-electron chi connectivity index (χ0n) is 14.0. The van der Waals surface area contributed by atoms with Crippen LogP contribution in [0, 0.1) is 13.8 Å². The molecule has 1 N–H and O–H groups in total. The van der Waals surface area contributed by atoms with Gasteiger partial charge in [0.05, 0.1) is 0 Å². The van der Waals surface area contributed by atoms with E-state index < -0.39 is 0 Å². The number of carbonyl (C=O) groups is 1. The number of carbonyl (C=O) groups excluding carboxylic acids is 1. The number of amides is 1. The van der Waals surface area contributed by atoms with Crippen molar-refractivity contribution < 1.29 is 4.79 Å². The summed E-state index contributed by atoms with van der Waals surface area (Å²) in [7, 11) is 0. The van der Waals surface area contributed by atoms with E-state index in [4.69, 9.17) is 0 Å². The van der Waals surface area contributed by atoms with Crippen LogP contribution in [-0.2, 0) is 0 Å². The predicted octanol–water partition coefficient (Wildman–Crippen LogP) is 1.35. The highest BCUT2D eigenvalue weighted by Crippen LogP contribution is 2.15. The molecule has 0 spiro atoms. The van der Waals surface area contributed by atoms with Gasteiger partial charge in [0.15, 0.2) is 0 Å². The van der Waals surface area contributed by atoms with Crippen LogP contribution in [0.1, 0.15) is 48.2 Å². The van der Waals surface area contributed by atoms with Crippen molar-refractivity contribution in [3.8, 4) is 0 Å². The summed E-state index contributed by atoms with van der Waals surface area (Å²) in [5.74, 6) is 0.410. The fourth-order valence-electron chi connectivity index (χ4n) is 3.14. The maximum absolute atomic E-state index is 12.2. The van der Waals surface area contributed by atoms with Crippen molar-refractivity contribution in [1.29, 1.82) is 0 Å². The fraction of sp³-hybridized carbons (Fsp3) is 0.625. The van der Waals surface area contributed by atoms with Gasteiger partial charge < -0.3 is 5.32 Å². The van der Waals surface area contributed by atoms with Gasteiger partial charge in [-0.3, -0.25) is 9.69 Å². The van der Waals surface area contributed by atoms with Crippen LogP contribution in [0.2, 0.25) is 0 Å². The first-order chi connectivity index (χ1) is 11.0. The van der Waals surface area contributed by atoms with Crippen LogP contribution >= 0.6 is 0 Å². The minimum absolute atomic E-state index is 0.179. The Morgan fingerprint density at radius 1 is 1.35 bits per heavy atom. The molecule has 1 saturated heterocycles. The topological polar surface area (TPSA) is 75.4 Å². The number of rotatable bonds is 4. The van der Waals surface area contributed by atoms with Gasteiger partial charge in [-0.05, 0) is 46.2 Å². The van der Waals surface area contributed by atoms with Crippen molar-refractivity contribution in [3.63, 3.8) is 0 Å². The molecule has 0 unspecified atom stereocenters. The molecule has 0 aromatic carbocycles. The minimum atomic E-state index is -0.239. The summed E-state index contributed by atoms with van der Waals surface area (Å²) in [4.78, 5) is 23.2. The monoisotopic (exact) mass is 316 g/mol. The van der Waals surface area contributed by atoms with E-state index >= 15 is 0 Å². The Hall–Kier alpha value is -2.02. The molecule has 7 nitrogen and oxygen atoms in total. The highest BCUT2D eigenvalue weighted by molar-refractivity contribution is 5.90. The molecule has 1 amide bonds. The van der Waals surface area contributed by atoms with Gasteiger partial charge in [-0.25, -0.2) is 9.50 Å². The Morgan fingerprint density at radius 2 is 2.17 bits per heavy atom. The summed E-state index contributed by atoms with van der Waals surface area (Å²) in [5.41, 5.74) is 1.79. The van der Waals surface area contributed by atoms with E-state index in [2.05, 4.69) is 32.2 Å². The molecule has 0 radical (unpaired) electrons. The number of hydrogen-bond donors (Lipinski definition) is 1. The molecule has 23 heavy (non-hydrogen) atoms. The summed E-state index contributed by atoms with van der Waals surface area (Å²) < 4.78 is 1.61. The first kappa shape index (κ1) is 15.9. The van der Waals surface area contributed by atoms with Crippen molar-refractivity contribution in [2.24, 2.45) is 0 Å². The van der Waals surface area contributed by atoms with Crippen molar-refractivity contribution in [1.82, 2.24) is 29.8 Å². The van der Waals surface area contributed by atoms with Gasteiger partial charge in [-0.1, -0.05) is 6.42 Å². The number of nitrogens with one attached hydrogen (secondary N) is 1. The van der Waals surface area contributed by atoms with Crippen molar-refractivity contribution in [2.45, 2.75) is 46.1 Å². The molecular weight excluding hydrogens is 292 g/mol. The minimum Gasteiger partial charge on any atom is -0.348 e. The number of nitrogens with zero attached hydrogens (tertiary/aromatic N) is 5. The fourth-order valence-corrected chi connectivity index (χ4v) is 3.14. The Morgan fingerprint density at radius 3 is 2.96 bits per heavy atom. The van der Waals surface area contributed by atoms with Crippen LogP contribution in [0.3, 0.4) is 0 Å². The van der Waals surface area contributed by atoms with E-state index in [0.717, 1.165) is 24.5 Å². The molecule has 1 aliphatic rings. The van der Waals surface area contributed by atoms with Gasteiger partial charge in [-0.2, -0.15) is 4.98 Å². The number of likely N-dealkylation sites (tertiary alicyclic amines) is 1. The molecule has 3 heterocycles. The SMILES string of the molecule is Cc1cc(C)n2nc(C(=O)NCCN3CCCC[C@@H]3C)nc2n1. The molecule has 2 aromatic heterocycles. The van der Waals surface area contributed by atoms with Crippen LogP contribution in [0.5, 0.6) is 0 Å². The molecule has 0 saturated carbocycles. The Balaban J connectivity index is 1.61. The maximum atomic E-state index is 12.2. The standard InChI is InChI=1S/C16H24N6O/c1-11-10-13(3)22-16(18-11)19-14(20-22)15(23)17-7-9-21-8-5-4-6-12(21)2/h10,12H,4-9H2,1-3H3,(H,17,23)/t12-/m0/s1. The lowest BCUT2D eigenvalue weighted by Gasteiger charge is -2.33. The van der Waals surface area contributed by atoms with Crippen molar-refractivity contribution in [3.05, 3.63) is 23.3 Å². The second-order valence-corrected chi connectivity index (χ2v) is 6.32. The quantitative estimate of drug-likeness (QED) is 0.921. The average Bonchev–Trinajstić information content (AvgIpc) is 2.93. The summed E-state index contributed by atoms with van der Waals surface area (Å²) in [6.45, 7) is 8.69. The predicted molar refractivity (Wildman–Crippen MR) is 87.5 cm³/mol. The summed E-state index contributed by atoms with van der Waals surface area (Å²) >= 11 is 0. The highest BCUT2D eigenvalue weighted by atomic mass is 16.2. The third-order valence-electron chi connectivity index (χ3n) is 4.45. The molecular formula is C16H24N6O. The zero-order valence-corrected chi connectivity index (χ0v) is 14.0. The summed E-state index contributed by atoms with van der Waals surface area (Å²) in [6, 6.07) is 2.52. The Labute approximate surface area is 136 Å². The molecule has 1 aliphatic heterocycles. The van der Waals surface area contributed by atoms with Gasteiger partial charge in [0.25, 0.3) is 11.7 Å². The van der Waals surface area contributed by atoms with Crippen LogP contribution in [0.25, 0.3) is 5.78 Å². The molecule has 0 bridgehead atoms. The molecule has 0 aliphatic carbocycles. The van der Waals surface area contributed by atoms with E-state index in [1.807, 2.05) is 19.9 Å². The number of hydrogen-bond acceptors (Lipinski definition) is 5. The Bertz CT molecular complexity index is 710. The lowest BCUT2D eigenvalue weighted by atomic mass is 10.0. The van der Waals surface area contributed by atoms with Crippen LogP contribution in [-0.4, -0.2) is 56.1 Å². The van der Waals surface area contributed by atoms with E-state index in [-0.39, 0.29) is 11.7 Å². The van der Waals surface area contributed by atoms with Crippen LogP contribution in [0.4, 0.5) is 0 Å². The zero-order chi connectivity index (χ0) is 16.4. The third kappa shape index (κ3) is 3.50. The molecule has 1 atom stereocenters. The smallest absolute Gasteiger partial charge is 0.291 e. The maximum Gasteiger partial charge on any atom is 0.291 e. The lowest BCUT2D eigenvalue weighted by molar-refractivity contribution is 0.0928. The van der Waals surface area contributed by atoms with Crippen LogP contribution in [0.15, 0.2) is 6.07 Å². The van der Waals surface area contributed by atoms with Gasteiger partial charge in [0, 0.05) is 30.5 Å². The number of aryl methyl sites for hydroxylation is 2. The lowest BCUT2D eigenvalue weighted by Crippen LogP contribution is -2.42. The van der Waals surface area contributed by atoms with E-state index in [1.165, 1.54) is 19.3 Å². The van der Waals surface area contributed by atoms with E-state index in [0.29, 0.717) is 18.4 Å². The van der Waals surface area contributed by atoms with Gasteiger partial charge in [0.2, 0.25) is 5.82 Å². The van der Waals surface area contributed by atoms with Crippen molar-refractivity contribution >= 4 is 11.7 Å². The molecule has 3 rings (SSSR count). The largest absolute Gasteiger partial charge is 0.348 e. The molecule has 7 heteroatoms. The number of fused-ring (bicyclic) bond motifs is 1.